The number of alkyl halides is 2. The number of carboxylic acids is 1. The van der Waals surface area contributed by atoms with E-state index in [2.05, 4.69) is 5.32 Å². The van der Waals surface area contributed by atoms with Crippen LogP contribution in [-0.4, -0.2) is 30.1 Å². The van der Waals surface area contributed by atoms with Crippen LogP contribution in [0.15, 0.2) is 0 Å². The van der Waals surface area contributed by atoms with Gasteiger partial charge in [-0.1, -0.05) is 0 Å². The van der Waals surface area contributed by atoms with Gasteiger partial charge in [0.05, 0.1) is 6.54 Å². The predicted molar refractivity (Wildman–Crippen MR) is 33.6 cm³/mol. The molecule has 1 aliphatic rings. The molecule has 0 aromatic heterocycles. The summed E-state index contributed by atoms with van der Waals surface area (Å²) in [5.74, 6) is -6.01. The number of carbonyl (C=O) groups is 1. The normalized spacial score (nSPS) is 29.8. The molecule has 2 N–H and O–H groups in total. The fourth-order valence-corrected chi connectivity index (χ4v) is 1.14. The summed E-state index contributed by atoms with van der Waals surface area (Å²) >= 11 is 0. The van der Waals surface area contributed by atoms with E-state index in [-0.39, 0.29) is 6.42 Å². The summed E-state index contributed by atoms with van der Waals surface area (Å²) in [6, 6.07) is 0. The van der Waals surface area contributed by atoms with Gasteiger partial charge in [-0.2, -0.15) is 0 Å². The average molecular weight is 165 g/mol. The Kier molecular flexibility index (Phi) is 2.08. The summed E-state index contributed by atoms with van der Waals surface area (Å²) in [4.78, 5) is 10.3. The SMILES string of the molecule is O=C(O)[C@@H]1CCNCC1(F)F. The Hall–Kier alpha value is -0.710. The van der Waals surface area contributed by atoms with Crippen LogP contribution in [0.1, 0.15) is 6.42 Å². The maximum atomic E-state index is 12.7. The van der Waals surface area contributed by atoms with Gasteiger partial charge >= 0.3 is 5.97 Å². The van der Waals surface area contributed by atoms with E-state index in [0.29, 0.717) is 6.54 Å². The van der Waals surface area contributed by atoms with Gasteiger partial charge in [-0.3, -0.25) is 4.79 Å². The van der Waals surface area contributed by atoms with Gasteiger partial charge in [0.1, 0.15) is 5.92 Å². The fraction of sp³-hybridized carbons (Fsp3) is 0.833. The Morgan fingerprint density at radius 2 is 2.27 bits per heavy atom. The fourth-order valence-electron chi connectivity index (χ4n) is 1.14. The highest BCUT2D eigenvalue weighted by molar-refractivity contribution is 5.71. The zero-order valence-electron chi connectivity index (χ0n) is 5.81. The summed E-state index contributed by atoms with van der Waals surface area (Å²) in [5.41, 5.74) is 0. The van der Waals surface area contributed by atoms with E-state index < -0.39 is 24.4 Å². The van der Waals surface area contributed by atoms with Crippen LogP contribution in [0.25, 0.3) is 0 Å². The third-order valence-electron chi connectivity index (χ3n) is 1.78. The van der Waals surface area contributed by atoms with Gasteiger partial charge in [-0.15, -0.1) is 0 Å². The number of carboxylic acid groups (broad SMARTS) is 1. The lowest BCUT2D eigenvalue weighted by Gasteiger charge is -2.28. The monoisotopic (exact) mass is 165 g/mol. The molecule has 0 aromatic rings. The van der Waals surface area contributed by atoms with E-state index in [9.17, 15) is 13.6 Å². The van der Waals surface area contributed by atoms with Gasteiger partial charge in [-0.05, 0) is 13.0 Å². The van der Waals surface area contributed by atoms with E-state index >= 15 is 0 Å². The first-order chi connectivity index (χ1) is 5.04. The van der Waals surface area contributed by atoms with E-state index in [4.69, 9.17) is 5.11 Å². The number of aliphatic carboxylic acids is 1. The number of nitrogens with one attached hydrogen (secondary N) is 1. The first-order valence-corrected chi connectivity index (χ1v) is 3.35. The summed E-state index contributed by atoms with van der Waals surface area (Å²) in [5, 5.41) is 10.8. The van der Waals surface area contributed by atoms with Gasteiger partial charge in [0, 0.05) is 0 Å². The molecular formula is C6H9F2NO2. The third kappa shape index (κ3) is 1.65. The molecule has 64 valence electrons. The zero-order chi connectivity index (χ0) is 8.48. The van der Waals surface area contributed by atoms with Gasteiger partial charge in [0.2, 0.25) is 0 Å². The molecule has 1 saturated heterocycles. The summed E-state index contributed by atoms with van der Waals surface area (Å²) < 4.78 is 25.4. The van der Waals surface area contributed by atoms with Gasteiger partial charge in [0.25, 0.3) is 5.92 Å². The second-order valence-electron chi connectivity index (χ2n) is 2.62. The van der Waals surface area contributed by atoms with Crippen LogP contribution >= 0.6 is 0 Å². The smallest absolute Gasteiger partial charge is 0.312 e. The Morgan fingerprint density at radius 1 is 1.64 bits per heavy atom. The molecule has 0 amide bonds. The molecule has 0 bridgehead atoms. The molecule has 1 atom stereocenters. The van der Waals surface area contributed by atoms with Crippen LogP contribution < -0.4 is 5.32 Å². The van der Waals surface area contributed by atoms with Crippen LogP contribution in [0.2, 0.25) is 0 Å². The molecule has 1 aliphatic heterocycles. The Balaban J connectivity index is 2.67. The van der Waals surface area contributed by atoms with Gasteiger partial charge in [0.15, 0.2) is 0 Å². The molecule has 5 heteroatoms. The highest BCUT2D eigenvalue weighted by Crippen LogP contribution is 2.29. The van der Waals surface area contributed by atoms with Crippen molar-refractivity contribution >= 4 is 5.97 Å². The number of halogens is 2. The van der Waals surface area contributed by atoms with E-state index in [1.807, 2.05) is 0 Å². The molecule has 1 heterocycles. The highest BCUT2D eigenvalue weighted by atomic mass is 19.3. The highest BCUT2D eigenvalue weighted by Gasteiger charge is 2.45. The summed E-state index contributed by atoms with van der Waals surface area (Å²) in [6.45, 7) is -0.170. The Labute approximate surface area is 62.4 Å². The first-order valence-electron chi connectivity index (χ1n) is 3.35. The molecule has 0 aliphatic carbocycles. The summed E-state index contributed by atoms with van der Waals surface area (Å²) in [7, 11) is 0. The number of piperidine rings is 1. The Morgan fingerprint density at radius 3 is 2.64 bits per heavy atom. The second kappa shape index (κ2) is 2.73. The van der Waals surface area contributed by atoms with Crippen molar-refractivity contribution in [1.82, 2.24) is 5.32 Å². The van der Waals surface area contributed by atoms with Crippen LogP contribution in [-0.2, 0) is 4.79 Å². The zero-order valence-corrected chi connectivity index (χ0v) is 5.81. The number of hydrogen-bond donors (Lipinski definition) is 2. The van der Waals surface area contributed by atoms with Crippen molar-refractivity contribution in [3.63, 3.8) is 0 Å². The average Bonchev–Trinajstić information content (AvgIpc) is 1.85. The molecular weight excluding hydrogens is 156 g/mol. The molecule has 1 fully saturated rings. The lowest BCUT2D eigenvalue weighted by Crippen LogP contribution is -2.49. The van der Waals surface area contributed by atoms with Gasteiger partial charge in [-0.25, -0.2) is 8.78 Å². The maximum absolute atomic E-state index is 12.7. The molecule has 0 radical (unpaired) electrons. The third-order valence-corrected chi connectivity index (χ3v) is 1.78. The first kappa shape index (κ1) is 8.39. The van der Waals surface area contributed by atoms with E-state index in [1.54, 1.807) is 0 Å². The van der Waals surface area contributed by atoms with Crippen LogP contribution in [0.4, 0.5) is 8.78 Å². The van der Waals surface area contributed by atoms with Crippen molar-refractivity contribution in [1.29, 1.82) is 0 Å². The van der Waals surface area contributed by atoms with Gasteiger partial charge < -0.3 is 10.4 Å². The van der Waals surface area contributed by atoms with Crippen molar-refractivity contribution < 1.29 is 18.7 Å². The van der Waals surface area contributed by atoms with E-state index in [1.165, 1.54) is 0 Å². The molecule has 0 saturated carbocycles. The van der Waals surface area contributed by atoms with E-state index in [0.717, 1.165) is 0 Å². The topological polar surface area (TPSA) is 49.3 Å². The number of hydrogen-bond acceptors (Lipinski definition) is 2. The van der Waals surface area contributed by atoms with Crippen molar-refractivity contribution in [3.05, 3.63) is 0 Å². The Bertz CT molecular complexity index is 172. The summed E-state index contributed by atoms with van der Waals surface area (Å²) in [6.07, 6.45) is 0.00231. The minimum Gasteiger partial charge on any atom is -0.481 e. The largest absolute Gasteiger partial charge is 0.481 e. The second-order valence-corrected chi connectivity index (χ2v) is 2.62. The predicted octanol–water partition coefficient (Wildman–Crippen LogP) is 0.316. The lowest BCUT2D eigenvalue weighted by molar-refractivity contribution is -0.159. The van der Waals surface area contributed by atoms with Crippen molar-refractivity contribution in [3.8, 4) is 0 Å². The molecule has 3 nitrogen and oxygen atoms in total. The van der Waals surface area contributed by atoms with Crippen molar-refractivity contribution in [2.45, 2.75) is 12.3 Å². The standard InChI is InChI=1S/C6H9F2NO2/c7-6(8)3-9-2-1-4(6)5(10)11/h4,9H,1-3H2,(H,10,11)/t4-/m0/s1. The molecule has 0 unspecified atom stereocenters. The quantitative estimate of drug-likeness (QED) is 0.588. The van der Waals surface area contributed by atoms with Crippen molar-refractivity contribution in [2.75, 3.05) is 13.1 Å². The molecule has 0 aromatic carbocycles. The van der Waals surface area contributed by atoms with Crippen molar-refractivity contribution in [2.24, 2.45) is 5.92 Å². The molecule has 0 spiro atoms. The van der Waals surface area contributed by atoms with Crippen LogP contribution in [0.5, 0.6) is 0 Å². The van der Waals surface area contributed by atoms with Crippen LogP contribution in [0, 0.1) is 5.92 Å². The molecule has 1 rings (SSSR count). The lowest BCUT2D eigenvalue weighted by atomic mass is 9.94. The minimum absolute atomic E-state index is 0.00231. The molecule has 11 heavy (non-hydrogen) atoms. The number of rotatable bonds is 1. The maximum Gasteiger partial charge on any atom is 0.312 e. The van der Waals surface area contributed by atoms with Crippen LogP contribution in [0.3, 0.4) is 0 Å². The minimum atomic E-state index is -3.09.